The van der Waals surface area contributed by atoms with Gasteiger partial charge in [-0.2, -0.15) is 5.10 Å². The molecule has 1 heterocycles. The van der Waals surface area contributed by atoms with Gasteiger partial charge < -0.3 is 4.98 Å². The average molecular weight is 277 g/mol. The van der Waals surface area contributed by atoms with Crippen LogP contribution in [0.1, 0.15) is 12.5 Å². The lowest BCUT2D eigenvalue weighted by atomic mass is 10.1. The van der Waals surface area contributed by atoms with Crippen molar-refractivity contribution in [3.05, 3.63) is 76.6 Å². The molecule has 21 heavy (non-hydrogen) atoms. The van der Waals surface area contributed by atoms with E-state index in [1.807, 2.05) is 67.6 Å². The van der Waals surface area contributed by atoms with Crippen LogP contribution in [0.5, 0.6) is 0 Å². The smallest absolute Gasteiger partial charge is 0.257 e. The molecule has 0 radical (unpaired) electrons. The zero-order chi connectivity index (χ0) is 14.7. The van der Waals surface area contributed by atoms with Crippen LogP contribution < -0.4 is 11.0 Å². The number of hydrogen-bond donors (Lipinski definition) is 2. The van der Waals surface area contributed by atoms with Crippen LogP contribution in [0, 0.1) is 0 Å². The molecule has 0 aliphatic heterocycles. The third-order valence-corrected chi connectivity index (χ3v) is 3.27. The molecule has 0 fully saturated rings. The first-order chi connectivity index (χ1) is 10.2. The standard InChI is InChI=1S/C17H15N3O/c1-12(19-20-14-8-3-2-4-9-14)15-11-13-7-5-6-10-16(13)18-17(15)21/h2-11,20H,1H3,(H,18,21). The number of para-hydroxylation sites is 2. The summed E-state index contributed by atoms with van der Waals surface area (Å²) in [6, 6.07) is 19.2. The lowest BCUT2D eigenvalue weighted by Gasteiger charge is -2.04. The maximum atomic E-state index is 12.1. The zero-order valence-corrected chi connectivity index (χ0v) is 11.6. The Labute approximate surface area is 122 Å². The first kappa shape index (κ1) is 13.1. The number of H-pyrrole nitrogens is 1. The molecule has 104 valence electrons. The van der Waals surface area contributed by atoms with Gasteiger partial charge in [-0.15, -0.1) is 0 Å². The number of nitrogens with zero attached hydrogens (tertiary/aromatic N) is 1. The summed E-state index contributed by atoms with van der Waals surface area (Å²) in [6.45, 7) is 1.81. The molecule has 4 nitrogen and oxygen atoms in total. The Kier molecular flexibility index (Phi) is 3.51. The molecule has 1 aromatic heterocycles. The van der Waals surface area contributed by atoms with Crippen molar-refractivity contribution >= 4 is 22.3 Å². The van der Waals surface area contributed by atoms with Gasteiger partial charge >= 0.3 is 0 Å². The fraction of sp³-hybridized carbons (Fsp3) is 0.0588. The number of hydrazone groups is 1. The summed E-state index contributed by atoms with van der Waals surface area (Å²) >= 11 is 0. The van der Waals surface area contributed by atoms with Crippen molar-refractivity contribution in [2.75, 3.05) is 5.43 Å². The Morgan fingerprint density at radius 1 is 1.05 bits per heavy atom. The minimum Gasteiger partial charge on any atom is -0.321 e. The van der Waals surface area contributed by atoms with Crippen LogP contribution >= 0.6 is 0 Å². The fourth-order valence-electron chi connectivity index (χ4n) is 2.14. The second-order valence-corrected chi connectivity index (χ2v) is 4.77. The van der Waals surface area contributed by atoms with Gasteiger partial charge in [-0.05, 0) is 36.6 Å². The number of fused-ring (bicyclic) bond motifs is 1. The molecule has 0 saturated carbocycles. The topological polar surface area (TPSA) is 57.2 Å². The highest BCUT2D eigenvalue weighted by molar-refractivity contribution is 6.01. The summed E-state index contributed by atoms with van der Waals surface area (Å²) in [6.07, 6.45) is 0. The van der Waals surface area contributed by atoms with Crippen LogP contribution in [0.3, 0.4) is 0 Å². The minimum absolute atomic E-state index is 0.134. The van der Waals surface area contributed by atoms with Crippen molar-refractivity contribution in [3.63, 3.8) is 0 Å². The monoisotopic (exact) mass is 277 g/mol. The van der Waals surface area contributed by atoms with Gasteiger partial charge in [0.2, 0.25) is 0 Å². The van der Waals surface area contributed by atoms with E-state index in [-0.39, 0.29) is 5.56 Å². The normalized spacial score (nSPS) is 11.6. The average Bonchev–Trinajstić information content (AvgIpc) is 2.53. The highest BCUT2D eigenvalue weighted by Gasteiger charge is 2.05. The van der Waals surface area contributed by atoms with Crippen LogP contribution in [-0.4, -0.2) is 10.7 Å². The van der Waals surface area contributed by atoms with E-state index in [9.17, 15) is 4.79 Å². The van der Waals surface area contributed by atoms with Gasteiger partial charge in [-0.1, -0.05) is 36.4 Å². The van der Waals surface area contributed by atoms with Gasteiger partial charge in [0, 0.05) is 5.52 Å². The van der Waals surface area contributed by atoms with Crippen molar-refractivity contribution in [1.82, 2.24) is 4.98 Å². The molecular weight excluding hydrogens is 262 g/mol. The predicted molar refractivity (Wildman–Crippen MR) is 86.8 cm³/mol. The number of aromatic nitrogens is 1. The van der Waals surface area contributed by atoms with E-state index in [2.05, 4.69) is 15.5 Å². The first-order valence-corrected chi connectivity index (χ1v) is 6.72. The Balaban J connectivity index is 1.95. The summed E-state index contributed by atoms with van der Waals surface area (Å²) < 4.78 is 0. The van der Waals surface area contributed by atoms with Crippen molar-refractivity contribution in [2.45, 2.75) is 6.92 Å². The maximum absolute atomic E-state index is 12.1. The van der Waals surface area contributed by atoms with Crippen molar-refractivity contribution < 1.29 is 0 Å². The van der Waals surface area contributed by atoms with Gasteiger partial charge in [0.05, 0.1) is 17.0 Å². The molecule has 0 unspecified atom stereocenters. The van der Waals surface area contributed by atoms with E-state index in [1.54, 1.807) is 0 Å². The lowest BCUT2D eigenvalue weighted by molar-refractivity contribution is 1.26. The lowest BCUT2D eigenvalue weighted by Crippen LogP contribution is -2.17. The number of anilines is 1. The van der Waals surface area contributed by atoms with Crippen LogP contribution in [0.15, 0.2) is 70.6 Å². The fourth-order valence-corrected chi connectivity index (χ4v) is 2.14. The van der Waals surface area contributed by atoms with Crippen LogP contribution in [0.4, 0.5) is 5.69 Å². The van der Waals surface area contributed by atoms with Crippen molar-refractivity contribution in [3.8, 4) is 0 Å². The summed E-state index contributed by atoms with van der Waals surface area (Å²) in [7, 11) is 0. The summed E-state index contributed by atoms with van der Waals surface area (Å²) in [5, 5.41) is 5.27. The second kappa shape index (κ2) is 5.63. The quantitative estimate of drug-likeness (QED) is 0.569. The number of rotatable bonds is 3. The molecule has 0 bridgehead atoms. The second-order valence-electron chi connectivity index (χ2n) is 4.77. The molecule has 0 spiro atoms. The molecular formula is C17H15N3O. The van der Waals surface area contributed by atoms with Gasteiger partial charge in [0.1, 0.15) is 0 Å². The third-order valence-electron chi connectivity index (χ3n) is 3.27. The number of pyridine rings is 1. The van der Waals surface area contributed by atoms with Crippen molar-refractivity contribution in [1.29, 1.82) is 0 Å². The Bertz CT molecular complexity index is 851. The SMILES string of the molecule is CC(=NNc1ccccc1)c1cc2ccccc2[nH]c1=O. The number of hydrogen-bond acceptors (Lipinski definition) is 3. The van der Waals surface area contributed by atoms with Crippen LogP contribution in [-0.2, 0) is 0 Å². The zero-order valence-electron chi connectivity index (χ0n) is 11.6. The van der Waals surface area contributed by atoms with Gasteiger partial charge in [0.25, 0.3) is 5.56 Å². The molecule has 4 heteroatoms. The molecule has 0 aliphatic rings. The minimum atomic E-state index is -0.134. The number of aromatic amines is 1. The highest BCUT2D eigenvalue weighted by Crippen LogP contribution is 2.11. The van der Waals surface area contributed by atoms with E-state index < -0.39 is 0 Å². The number of benzene rings is 2. The van der Waals surface area contributed by atoms with E-state index in [1.165, 1.54) is 0 Å². The third kappa shape index (κ3) is 2.84. The molecule has 2 N–H and O–H groups in total. The molecule has 2 aromatic carbocycles. The largest absolute Gasteiger partial charge is 0.321 e. The van der Waals surface area contributed by atoms with E-state index in [0.717, 1.165) is 16.6 Å². The molecule has 0 saturated heterocycles. The summed E-state index contributed by atoms with van der Waals surface area (Å²) in [4.78, 5) is 15.0. The molecule has 0 amide bonds. The molecule has 3 aromatic rings. The van der Waals surface area contributed by atoms with E-state index >= 15 is 0 Å². The van der Waals surface area contributed by atoms with Crippen LogP contribution in [0.2, 0.25) is 0 Å². The van der Waals surface area contributed by atoms with Gasteiger partial charge in [0.15, 0.2) is 0 Å². The Morgan fingerprint density at radius 3 is 2.57 bits per heavy atom. The Morgan fingerprint density at radius 2 is 1.76 bits per heavy atom. The first-order valence-electron chi connectivity index (χ1n) is 6.72. The van der Waals surface area contributed by atoms with E-state index in [0.29, 0.717) is 11.3 Å². The Hall–Kier alpha value is -2.88. The van der Waals surface area contributed by atoms with Gasteiger partial charge in [-0.3, -0.25) is 10.2 Å². The molecule has 3 rings (SSSR count). The highest BCUT2D eigenvalue weighted by atomic mass is 16.1. The van der Waals surface area contributed by atoms with Crippen molar-refractivity contribution in [2.24, 2.45) is 5.10 Å². The van der Waals surface area contributed by atoms with E-state index in [4.69, 9.17) is 0 Å². The summed E-state index contributed by atoms with van der Waals surface area (Å²) in [5.41, 5.74) is 5.74. The van der Waals surface area contributed by atoms with Gasteiger partial charge in [-0.25, -0.2) is 0 Å². The molecule has 0 atom stereocenters. The predicted octanol–water partition coefficient (Wildman–Crippen LogP) is 3.36. The summed E-state index contributed by atoms with van der Waals surface area (Å²) in [5.74, 6) is 0. The maximum Gasteiger partial charge on any atom is 0.257 e. The van der Waals surface area contributed by atoms with Crippen LogP contribution in [0.25, 0.3) is 10.9 Å². The molecule has 0 aliphatic carbocycles. The number of nitrogens with one attached hydrogen (secondary N) is 2.